The highest BCUT2D eigenvalue weighted by Gasteiger charge is 1.96. The van der Waals surface area contributed by atoms with Crippen LogP contribution in [0.1, 0.15) is 52.9 Å². The Hall–Kier alpha value is -1.31. The van der Waals surface area contributed by atoms with Gasteiger partial charge in [-0.1, -0.05) is 60.7 Å². The van der Waals surface area contributed by atoms with E-state index in [4.69, 9.17) is 5.11 Å². The highest BCUT2D eigenvalue weighted by Crippen LogP contribution is 1.96. The van der Waals surface area contributed by atoms with E-state index < -0.39 is 5.97 Å². The molecule has 15 heavy (non-hydrogen) atoms. The minimum atomic E-state index is -0.879. The van der Waals surface area contributed by atoms with Crippen molar-refractivity contribution in [3.63, 3.8) is 0 Å². The van der Waals surface area contributed by atoms with Gasteiger partial charge in [0.2, 0.25) is 0 Å². The quantitative estimate of drug-likeness (QED) is 0.735. The first-order valence-corrected chi connectivity index (χ1v) is 4.59. The molecule has 0 atom stereocenters. The van der Waals surface area contributed by atoms with Crippen LogP contribution in [0.4, 0.5) is 0 Å². The van der Waals surface area contributed by atoms with Crippen LogP contribution in [-0.4, -0.2) is 11.1 Å². The van der Waals surface area contributed by atoms with Crippen LogP contribution in [0.3, 0.4) is 0 Å². The van der Waals surface area contributed by atoms with E-state index in [9.17, 15) is 4.79 Å². The Morgan fingerprint density at radius 3 is 1.47 bits per heavy atom. The maximum atomic E-state index is 10.2. The number of carboxylic acids is 1. The fourth-order valence-corrected chi connectivity index (χ4v) is 0.581. The SMILES string of the molecule is C.C.CC.CC.O=C(O)c1ccccc1. The Kier molecular flexibility index (Phi) is 28.9. The number of hydrogen-bond acceptors (Lipinski definition) is 1. The molecule has 0 heterocycles. The van der Waals surface area contributed by atoms with E-state index in [0.717, 1.165) is 0 Å². The van der Waals surface area contributed by atoms with Crippen molar-refractivity contribution in [3.8, 4) is 0 Å². The Bertz CT molecular complexity index is 205. The molecule has 0 radical (unpaired) electrons. The topological polar surface area (TPSA) is 37.3 Å². The molecule has 0 fully saturated rings. The lowest BCUT2D eigenvalue weighted by Crippen LogP contribution is -1.93. The average molecular weight is 214 g/mol. The predicted molar refractivity (Wildman–Crippen MR) is 69.6 cm³/mol. The van der Waals surface area contributed by atoms with Crippen LogP contribution in [0, 0.1) is 0 Å². The van der Waals surface area contributed by atoms with E-state index in [1.54, 1.807) is 30.3 Å². The number of hydrogen-bond donors (Lipinski definition) is 1. The molecule has 0 amide bonds. The van der Waals surface area contributed by atoms with E-state index in [1.165, 1.54) is 0 Å². The molecule has 0 aliphatic carbocycles. The zero-order valence-electron chi connectivity index (χ0n) is 8.74. The van der Waals surface area contributed by atoms with Crippen molar-refractivity contribution in [1.82, 2.24) is 0 Å². The maximum Gasteiger partial charge on any atom is 0.335 e. The molecule has 1 N–H and O–H groups in total. The van der Waals surface area contributed by atoms with Crippen LogP contribution in [0.5, 0.6) is 0 Å². The third-order valence-electron chi connectivity index (χ3n) is 1.02. The van der Waals surface area contributed by atoms with Gasteiger partial charge in [-0.05, 0) is 12.1 Å². The molecule has 2 nitrogen and oxygen atoms in total. The van der Waals surface area contributed by atoms with E-state index >= 15 is 0 Å². The van der Waals surface area contributed by atoms with Crippen molar-refractivity contribution in [2.45, 2.75) is 42.5 Å². The molecule has 2 heteroatoms. The van der Waals surface area contributed by atoms with Crippen LogP contribution in [0.2, 0.25) is 0 Å². The largest absolute Gasteiger partial charge is 0.478 e. The highest BCUT2D eigenvalue weighted by atomic mass is 16.4. The molecule has 1 aromatic rings. The number of rotatable bonds is 1. The summed E-state index contributed by atoms with van der Waals surface area (Å²) in [4.78, 5) is 10.2. The summed E-state index contributed by atoms with van der Waals surface area (Å²) in [6.45, 7) is 8.00. The molecule has 0 aliphatic rings. The molecule has 0 saturated carbocycles. The van der Waals surface area contributed by atoms with Gasteiger partial charge in [-0.15, -0.1) is 0 Å². The lowest BCUT2D eigenvalue weighted by atomic mass is 10.2. The molecule has 0 unspecified atom stereocenters. The minimum Gasteiger partial charge on any atom is -0.478 e. The molecule has 90 valence electrons. The first-order chi connectivity index (χ1) is 6.30. The summed E-state index contributed by atoms with van der Waals surface area (Å²) in [6, 6.07) is 8.30. The maximum absolute atomic E-state index is 10.2. The zero-order valence-corrected chi connectivity index (χ0v) is 8.74. The van der Waals surface area contributed by atoms with Gasteiger partial charge >= 0.3 is 5.97 Å². The molecule has 0 spiro atoms. The smallest absolute Gasteiger partial charge is 0.335 e. The Morgan fingerprint density at radius 1 is 0.933 bits per heavy atom. The van der Waals surface area contributed by atoms with Gasteiger partial charge < -0.3 is 5.11 Å². The first-order valence-electron chi connectivity index (χ1n) is 4.59. The van der Waals surface area contributed by atoms with Gasteiger partial charge in [0.25, 0.3) is 0 Å². The number of aromatic carboxylic acids is 1. The standard InChI is InChI=1S/C7H6O2.2C2H6.2CH4/c8-7(9)6-4-2-1-3-5-6;2*1-2;;/h1-5H,(H,8,9);2*1-2H3;2*1H4. The van der Waals surface area contributed by atoms with Gasteiger partial charge in [0.1, 0.15) is 0 Å². The number of carboxylic acid groups (broad SMARTS) is 1. The van der Waals surface area contributed by atoms with Gasteiger partial charge in [-0.2, -0.15) is 0 Å². The van der Waals surface area contributed by atoms with Crippen LogP contribution in [0.25, 0.3) is 0 Å². The van der Waals surface area contributed by atoms with Crippen molar-refractivity contribution in [1.29, 1.82) is 0 Å². The van der Waals surface area contributed by atoms with E-state index in [2.05, 4.69) is 0 Å². The molecule has 1 rings (SSSR count). The molecular weight excluding hydrogens is 188 g/mol. The van der Waals surface area contributed by atoms with Crippen LogP contribution in [-0.2, 0) is 0 Å². The number of carbonyl (C=O) groups is 1. The molecular formula is C13H26O2. The summed E-state index contributed by atoms with van der Waals surface area (Å²) >= 11 is 0. The Balaban J connectivity index is -0.0000000910. The second-order valence-electron chi connectivity index (χ2n) is 1.67. The van der Waals surface area contributed by atoms with Crippen LogP contribution >= 0.6 is 0 Å². The molecule has 1 aromatic carbocycles. The van der Waals surface area contributed by atoms with Gasteiger partial charge in [-0.25, -0.2) is 4.79 Å². The summed E-state index contributed by atoms with van der Waals surface area (Å²) in [5.41, 5.74) is 0.331. The summed E-state index contributed by atoms with van der Waals surface area (Å²) in [5, 5.41) is 8.38. The first kappa shape index (κ1) is 23.5. The lowest BCUT2D eigenvalue weighted by Gasteiger charge is -1.88. The van der Waals surface area contributed by atoms with Crippen molar-refractivity contribution < 1.29 is 9.90 Å². The second kappa shape index (κ2) is 18.5. The van der Waals surface area contributed by atoms with Crippen molar-refractivity contribution in [2.75, 3.05) is 0 Å². The molecule has 0 saturated heterocycles. The Labute approximate surface area is 95.0 Å². The summed E-state index contributed by atoms with van der Waals surface area (Å²) in [6.07, 6.45) is 0. The van der Waals surface area contributed by atoms with E-state index in [0.29, 0.717) is 5.56 Å². The third kappa shape index (κ3) is 12.7. The molecule has 0 aliphatic heterocycles. The summed E-state index contributed by atoms with van der Waals surface area (Å²) in [5.74, 6) is -0.879. The van der Waals surface area contributed by atoms with Crippen LogP contribution in [0.15, 0.2) is 30.3 Å². The lowest BCUT2D eigenvalue weighted by molar-refractivity contribution is 0.0697. The predicted octanol–water partition coefficient (Wildman–Crippen LogP) is 4.71. The van der Waals surface area contributed by atoms with Crippen molar-refractivity contribution in [3.05, 3.63) is 35.9 Å². The van der Waals surface area contributed by atoms with Crippen molar-refractivity contribution in [2.24, 2.45) is 0 Å². The minimum absolute atomic E-state index is 0. The van der Waals surface area contributed by atoms with E-state index in [-0.39, 0.29) is 14.9 Å². The fraction of sp³-hybridized carbons (Fsp3) is 0.462. The van der Waals surface area contributed by atoms with Gasteiger partial charge in [-0.3, -0.25) is 0 Å². The molecule has 0 aromatic heterocycles. The zero-order chi connectivity index (χ0) is 10.7. The van der Waals surface area contributed by atoms with E-state index in [1.807, 2.05) is 27.7 Å². The van der Waals surface area contributed by atoms with Crippen LogP contribution < -0.4 is 0 Å². The third-order valence-corrected chi connectivity index (χ3v) is 1.02. The Morgan fingerprint density at radius 2 is 1.27 bits per heavy atom. The number of benzene rings is 1. The van der Waals surface area contributed by atoms with Crippen molar-refractivity contribution >= 4 is 5.97 Å². The van der Waals surface area contributed by atoms with Gasteiger partial charge in [0.05, 0.1) is 5.56 Å². The van der Waals surface area contributed by atoms with Gasteiger partial charge in [0, 0.05) is 0 Å². The average Bonchev–Trinajstić information content (AvgIpc) is 2.25. The molecule has 0 bridgehead atoms. The highest BCUT2D eigenvalue weighted by molar-refractivity contribution is 5.87. The monoisotopic (exact) mass is 214 g/mol. The fourth-order valence-electron chi connectivity index (χ4n) is 0.581. The summed E-state index contributed by atoms with van der Waals surface area (Å²) < 4.78 is 0. The van der Waals surface area contributed by atoms with Gasteiger partial charge in [0.15, 0.2) is 0 Å². The normalized spacial score (nSPS) is 6.13. The summed E-state index contributed by atoms with van der Waals surface area (Å²) in [7, 11) is 0. The second-order valence-corrected chi connectivity index (χ2v) is 1.67.